The summed E-state index contributed by atoms with van der Waals surface area (Å²) in [5.74, 6) is -0.329. The van der Waals surface area contributed by atoms with Gasteiger partial charge in [-0.15, -0.1) is 0 Å². The molecular formula is C19H15F3N2O2. The van der Waals surface area contributed by atoms with Gasteiger partial charge in [-0.1, -0.05) is 30.3 Å². The van der Waals surface area contributed by atoms with Crippen LogP contribution in [-0.2, 0) is 11.3 Å². The summed E-state index contributed by atoms with van der Waals surface area (Å²) in [7, 11) is 0. The van der Waals surface area contributed by atoms with E-state index in [4.69, 9.17) is 0 Å². The number of halogens is 3. The molecule has 3 rings (SSSR count). The van der Waals surface area contributed by atoms with Gasteiger partial charge in [-0.3, -0.25) is 9.78 Å². The number of carbonyl (C=O) groups is 1. The molecule has 0 fully saturated rings. The molecule has 0 aliphatic rings. The van der Waals surface area contributed by atoms with Crippen molar-refractivity contribution < 1.29 is 22.7 Å². The zero-order valence-electron chi connectivity index (χ0n) is 13.6. The lowest BCUT2D eigenvalue weighted by Gasteiger charge is -2.09. The number of nitrogens with one attached hydrogen (secondary N) is 1. The van der Waals surface area contributed by atoms with E-state index in [1.54, 1.807) is 18.3 Å². The fraction of sp³-hybridized carbons (Fsp3) is 0.158. The number of anilines is 1. The standard InChI is InChI=1S/C19H15F3N2O2/c20-19(21,22)12-26-11-13-5-7-14(8-6-13)18(25)24-16-9-15-3-1-2-4-17(15)23-10-16/h1-10H,11-12H2,(H,24,25). The van der Waals surface area contributed by atoms with E-state index in [1.807, 2.05) is 30.3 Å². The number of alkyl halides is 3. The summed E-state index contributed by atoms with van der Waals surface area (Å²) in [6.45, 7) is -1.47. The molecule has 7 heteroatoms. The zero-order valence-corrected chi connectivity index (χ0v) is 13.6. The average Bonchev–Trinajstić information content (AvgIpc) is 2.61. The number of amides is 1. The van der Waals surface area contributed by atoms with E-state index in [2.05, 4.69) is 15.0 Å². The number of aromatic nitrogens is 1. The van der Waals surface area contributed by atoms with Crippen molar-refractivity contribution in [3.8, 4) is 0 Å². The van der Waals surface area contributed by atoms with Crippen molar-refractivity contribution in [1.29, 1.82) is 0 Å². The van der Waals surface area contributed by atoms with Crippen LogP contribution in [0.3, 0.4) is 0 Å². The lowest BCUT2D eigenvalue weighted by atomic mass is 10.1. The van der Waals surface area contributed by atoms with Crippen LogP contribution in [0.5, 0.6) is 0 Å². The molecule has 0 aliphatic heterocycles. The first-order valence-electron chi connectivity index (χ1n) is 7.80. The first-order valence-corrected chi connectivity index (χ1v) is 7.80. The summed E-state index contributed by atoms with van der Waals surface area (Å²) in [5.41, 5.74) is 2.33. The van der Waals surface area contributed by atoms with Crippen molar-refractivity contribution in [1.82, 2.24) is 4.98 Å². The number of pyridine rings is 1. The summed E-state index contributed by atoms with van der Waals surface area (Å²) >= 11 is 0. The van der Waals surface area contributed by atoms with Gasteiger partial charge in [-0.05, 0) is 29.8 Å². The van der Waals surface area contributed by atoms with Crippen LogP contribution >= 0.6 is 0 Å². The summed E-state index contributed by atoms with van der Waals surface area (Å²) < 4.78 is 40.7. The topological polar surface area (TPSA) is 51.2 Å². The van der Waals surface area contributed by atoms with Crippen LogP contribution in [0.15, 0.2) is 60.8 Å². The molecule has 3 aromatic rings. The molecule has 0 saturated carbocycles. The van der Waals surface area contributed by atoms with Crippen molar-refractivity contribution in [3.05, 3.63) is 71.9 Å². The minimum atomic E-state index is -4.35. The lowest BCUT2D eigenvalue weighted by molar-refractivity contribution is -0.176. The Morgan fingerprint density at radius 2 is 1.81 bits per heavy atom. The minimum absolute atomic E-state index is 0.171. The van der Waals surface area contributed by atoms with E-state index in [-0.39, 0.29) is 12.5 Å². The van der Waals surface area contributed by atoms with E-state index in [9.17, 15) is 18.0 Å². The van der Waals surface area contributed by atoms with Crippen molar-refractivity contribution in [2.24, 2.45) is 0 Å². The van der Waals surface area contributed by atoms with Gasteiger partial charge >= 0.3 is 6.18 Å². The highest BCUT2D eigenvalue weighted by molar-refractivity contribution is 6.04. The second kappa shape index (κ2) is 7.53. The maximum atomic E-state index is 12.3. The van der Waals surface area contributed by atoms with Crippen LogP contribution in [0, 0.1) is 0 Å². The maximum absolute atomic E-state index is 12.3. The van der Waals surface area contributed by atoms with Crippen molar-refractivity contribution >= 4 is 22.5 Å². The number of rotatable bonds is 5. The molecule has 26 heavy (non-hydrogen) atoms. The monoisotopic (exact) mass is 360 g/mol. The lowest BCUT2D eigenvalue weighted by Crippen LogP contribution is -2.16. The highest BCUT2D eigenvalue weighted by atomic mass is 19.4. The predicted octanol–water partition coefficient (Wildman–Crippen LogP) is 4.57. The highest BCUT2D eigenvalue weighted by Gasteiger charge is 2.27. The van der Waals surface area contributed by atoms with Crippen LogP contribution in [0.4, 0.5) is 18.9 Å². The Hall–Kier alpha value is -2.93. The number of hydrogen-bond acceptors (Lipinski definition) is 3. The third kappa shape index (κ3) is 4.80. The molecule has 1 heterocycles. The quantitative estimate of drug-likeness (QED) is 0.725. The molecule has 1 N–H and O–H groups in total. The molecule has 0 bridgehead atoms. The SMILES string of the molecule is O=C(Nc1cnc2ccccc2c1)c1ccc(COCC(F)(F)F)cc1. The predicted molar refractivity (Wildman–Crippen MR) is 91.8 cm³/mol. The number of carbonyl (C=O) groups excluding carboxylic acids is 1. The Bertz CT molecular complexity index is 909. The molecule has 0 aliphatic carbocycles. The Balaban J connectivity index is 1.62. The van der Waals surface area contributed by atoms with Gasteiger partial charge in [0, 0.05) is 10.9 Å². The van der Waals surface area contributed by atoms with Crippen molar-refractivity contribution in [2.75, 3.05) is 11.9 Å². The smallest absolute Gasteiger partial charge is 0.367 e. The van der Waals surface area contributed by atoms with Crippen LogP contribution < -0.4 is 5.32 Å². The van der Waals surface area contributed by atoms with Crippen LogP contribution in [-0.4, -0.2) is 23.7 Å². The van der Waals surface area contributed by atoms with Gasteiger partial charge in [0.15, 0.2) is 0 Å². The van der Waals surface area contributed by atoms with Gasteiger partial charge in [0.2, 0.25) is 0 Å². The van der Waals surface area contributed by atoms with E-state index in [0.717, 1.165) is 10.9 Å². The summed E-state index contributed by atoms with van der Waals surface area (Å²) in [6, 6.07) is 15.6. The Kier molecular flexibility index (Phi) is 5.18. The number of nitrogens with zero attached hydrogens (tertiary/aromatic N) is 1. The maximum Gasteiger partial charge on any atom is 0.411 e. The van der Waals surface area contributed by atoms with Gasteiger partial charge in [-0.2, -0.15) is 13.2 Å². The third-order valence-electron chi connectivity index (χ3n) is 3.60. The fourth-order valence-electron chi connectivity index (χ4n) is 2.38. The van der Waals surface area contributed by atoms with E-state index < -0.39 is 12.8 Å². The Morgan fingerprint density at radius 1 is 1.08 bits per heavy atom. The molecule has 0 spiro atoms. The van der Waals surface area contributed by atoms with Crippen molar-refractivity contribution in [3.63, 3.8) is 0 Å². The number of fused-ring (bicyclic) bond motifs is 1. The number of para-hydroxylation sites is 1. The zero-order chi connectivity index (χ0) is 18.6. The van der Waals surface area contributed by atoms with Gasteiger partial charge in [0.1, 0.15) is 6.61 Å². The van der Waals surface area contributed by atoms with Gasteiger partial charge < -0.3 is 10.1 Å². The minimum Gasteiger partial charge on any atom is -0.367 e. The first-order chi connectivity index (χ1) is 12.4. The molecule has 1 aromatic heterocycles. The summed E-state index contributed by atoms with van der Waals surface area (Å²) in [5, 5.41) is 3.66. The average molecular weight is 360 g/mol. The van der Waals surface area contributed by atoms with Crippen LogP contribution in [0.2, 0.25) is 0 Å². The molecular weight excluding hydrogens is 345 g/mol. The second-order valence-electron chi connectivity index (χ2n) is 5.68. The highest BCUT2D eigenvalue weighted by Crippen LogP contribution is 2.18. The van der Waals surface area contributed by atoms with Crippen molar-refractivity contribution in [2.45, 2.75) is 12.8 Å². The first kappa shape index (κ1) is 17.9. The largest absolute Gasteiger partial charge is 0.411 e. The molecule has 0 radical (unpaired) electrons. The molecule has 0 atom stereocenters. The summed E-state index contributed by atoms with van der Waals surface area (Å²) in [4.78, 5) is 16.6. The molecule has 2 aromatic carbocycles. The Morgan fingerprint density at radius 3 is 2.54 bits per heavy atom. The van der Waals surface area contributed by atoms with E-state index in [1.165, 1.54) is 12.1 Å². The summed E-state index contributed by atoms with van der Waals surface area (Å²) in [6.07, 6.45) is -2.78. The molecule has 134 valence electrons. The molecule has 0 saturated heterocycles. The second-order valence-corrected chi connectivity index (χ2v) is 5.68. The third-order valence-corrected chi connectivity index (χ3v) is 3.60. The normalized spacial score (nSPS) is 11.5. The number of ether oxygens (including phenoxy) is 1. The molecule has 1 amide bonds. The number of benzene rings is 2. The van der Waals surface area contributed by atoms with Gasteiger partial charge in [-0.25, -0.2) is 0 Å². The van der Waals surface area contributed by atoms with Gasteiger partial charge in [0.05, 0.1) is 24.0 Å². The number of hydrogen-bond donors (Lipinski definition) is 1. The molecule has 0 unspecified atom stereocenters. The van der Waals surface area contributed by atoms with Crippen LogP contribution in [0.25, 0.3) is 10.9 Å². The molecule has 4 nitrogen and oxygen atoms in total. The van der Waals surface area contributed by atoms with Gasteiger partial charge in [0.25, 0.3) is 5.91 Å². The fourth-order valence-corrected chi connectivity index (χ4v) is 2.38. The Labute approximate surface area is 147 Å². The van der Waals surface area contributed by atoms with E-state index in [0.29, 0.717) is 16.8 Å². The van der Waals surface area contributed by atoms with Crippen LogP contribution in [0.1, 0.15) is 15.9 Å². The van der Waals surface area contributed by atoms with E-state index >= 15 is 0 Å².